The zero-order valence-electron chi connectivity index (χ0n) is 11.4. The number of hydrogen-bond donors (Lipinski definition) is 3. The maximum atomic E-state index is 11.9. The van der Waals surface area contributed by atoms with E-state index in [1.165, 1.54) is 11.3 Å². The number of amides is 2. The summed E-state index contributed by atoms with van der Waals surface area (Å²) in [7, 11) is 0. The van der Waals surface area contributed by atoms with Gasteiger partial charge in [0.05, 0.1) is 6.54 Å². The van der Waals surface area contributed by atoms with E-state index in [4.69, 9.17) is 0 Å². The van der Waals surface area contributed by atoms with E-state index in [1.54, 1.807) is 6.20 Å². The molecule has 0 bridgehead atoms. The van der Waals surface area contributed by atoms with Gasteiger partial charge in [-0.1, -0.05) is 19.8 Å². The van der Waals surface area contributed by atoms with E-state index in [0.717, 1.165) is 17.8 Å². The molecule has 2 unspecified atom stereocenters. The lowest BCUT2D eigenvalue weighted by Gasteiger charge is -2.36. The summed E-state index contributed by atoms with van der Waals surface area (Å²) in [5.74, 6) is -0.646. The first kappa shape index (κ1) is 14.8. The lowest BCUT2D eigenvalue weighted by Crippen LogP contribution is -2.59. The molecule has 0 aromatic carbocycles. The van der Waals surface area contributed by atoms with E-state index in [9.17, 15) is 14.7 Å². The largest absolute Gasteiger partial charge is 0.480 e. The van der Waals surface area contributed by atoms with Crippen molar-refractivity contribution in [3.05, 3.63) is 16.6 Å². The fourth-order valence-corrected chi connectivity index (χ4v) is 3.23. The van der Waals surface area contributed by atoms with Crippen molar-refractivity contribution in [3.63, 3.8) is 0 Å². The highest BCUT2D eigenvalue weighted by atomic mass is 32.1. The van der Waals surface area contributed by atoms with Crippen molar-refractivity contribution in [2.24, 2.45) is 5.92 Å². The van der Waals surface area contributed by atoms with E-state index in [0.29, 0.717) is 25.3 Å². The number of rotatable bonds is 4. The molecule has 20 heavy (non-hydrogen) atoms. The molecule has 2 rings (SSSR count). The van der Waals surface area contributed by atoms with Crippen molar-refractivity contribution < 1.29 is 14.7 Å². The zero-order chi connectivity index (χ0) is 14.6. The van der Waals surface area contributed by atoms with Gasteiger partial charge in [0.25, 0.3) is 0 Å². The molecule has 0 saturated heterocycles. The average molecular weight is 297 g/mol. The maximum Gasteiger partial charge on any atom is 0.329 e. The summed E-state index contributed by atoms with van der Waals surface area (Å²) in [5, 5.41) is 17.4. The number of nitrogens with zero attached hydrogens (tertiary/aromatic N) is 1. The lowest BCUT2D eigenvalue weighted by molar-refractivity contribution is -0.146. The van der Waals surface area contributed by atoms with Crippen LogP contribution in [0.25, 0.3) is 0 Å². The third-order valence-electron chi connectivity index (χ3n) is 3.64. The van der Waals surface area contributed by atoms with Crippen molar-refractivity contribution >= 4 is 23.3 Å². The topological polar surface area (TPSA) is 91.3 Å². The van der Waals surface area contributed by atoms with Crippen molar-refractivity contribution in [2.75, 3.05) is 0 Å². The van der Waals surface area contributed by atoms with Crippen LogP contribution in [0.1, 0.15) is 37.6 Å². The lowest BCUT2D eigenvalue weighted by atomic mass is 9.76. The Morgan fingerprint density at radius 1 is 1.60 bits per heavy atom. The average Bonchev–Trinajstić information content (AvgIpc) is 2.89. The van der Waals surface area contributed by atoms with Gasteiger partial charge in [0.1, 0.15) is 10.5 Å². The molecule has 6 nitrogen and oxygen atoms in total. The Kier molecular flexibility index (Phi) is 4.59. The fourth-order valence-electron chi connectivity index (χ4n) is 2.67. The molecule has 1 aliphatic rings. The Labute approximate surface area is 121 Å². The van der Waals surface area contributed by atoms with Crippen molar-refractivity contribution in [1.82, 2.24) is 15.6 Å². The molecule has 1 fully saturated rings. The molecule has 3 N–H and O–H groups in total. The van der Waals surface area contributed by atoms with E-state index in [1.807, 2.05) is 12.3 Å². The molecule has 1 saturated carbocycles. The molecule has 1 heterocycles. The van der Waals surface area contributed by atoms with Crippen LogP contribution < -0.4 is 10.6 Å². The quantitative estimate of drug-likeness (QED) is 0.792. The number of nitrogens with one attached hydrogen (secondary N) is 2. The molecule has 1 aromatic heterocycles. The summed E-state index contributed by atoms with van der Waals surface area (Å²) in [4.78, 5) is 27.5. The number of carboxylic acids is 1. The van der Waals surface area contributed by atoms with E-state index in [-0.39, 0.29) is 0 Å². The number of urea groups is 1. The number of carbonyl (C=O) groups excluding carboxylic acids is 1. The molecule has 110 valence electrons. The van der Waals surface area contributed by atoms with E-state index in [2.05, 4.69) is 15.6 Å². The van der Waals surface area contributed by atoms with Crippen LogP contribution in [0.3, 0.4) is 0 Å². The smallest absolute Gasteiger partial charge is 0.329 e. The summed E-state index contributed by atoms with van der Waals surface area (Å²) < 4.78 is 0. The van der Waals surface area contributed by atoms with Gasteiger partial charge in [0.15, 0.2) is 0 Å². The summed E-state index contributed by atoms with van der Waals surface area (Å²) in [6.45, 7) is 2.33. The second-order valence-corrected chi connectivity index (χ2v) is 6.30. The Morgan fingerprint density at radius 2 is 2.40 bits per heavy atom. The van der Waals surface area contributed by atoms with Crippen LogP contribution in [-0.4, -0.2) is 27.6 Å². The van der Waals surface area contributed by atoms with Crippen LogP contribution in [0, 0.1) is 5.92 Å². The van der Waals surface area contributed by atoms with Gasteiger partial charge in [-0.2, -0.15) is 0 Å². The molecule has 1 aliphatic carbocycles. The maximum absolute atomic E-state index is 11.9. The van der Waals surface area contributed by atoms with Crippen LogP contribution in [0.5, 0.6) is 0 Å². The molecular weight excluding hydrogens is 278 g/mol. The Morgan fingerprint density at radius 3 is 3.00 bits per heavy atom. The Balaban J connectivity index is 1.94. The monoisotopic (exact) mass is 297 g/mol. The van der Waals surface area contributed by atoms with Crippen molar-refractivity contribution in [3.8, 4) is 0 Å². The van der Waals surface area contributed by atoms with Crippen LogP contribution in [0.2, 0.25) is 0 Å². The van der Waals surface area contributed by atoms with Crippen molar-refractivity contribution in [1.29, 1.82) is 0 Å². The van der Waals surface area contributed by atoms with Gasteiger partial charge in [0.2, 0.25) is 0 Å². The van der Waals surface area contributed by atoms with Crippen LogP contribution in [0.15, 0.2) is 11.6 Å². The fraction of sp³-hybridized carbons (Fsp3) is 0.615. The first-order valence-electron chi connectivity index (χ1n) is 6.69. The molecule has 2 amide bonds. The van der Waals surface area contributed by atoms with Crippen LogP contribution >= 0.6 is 11.3 Å². The van der Waals surface area contributed by atoms with E-state index < -0.39 is 17.5 Å². The van der Waals surface area contributed by atoms with Gasteiger partial charge < -0.3 is 15.7 Å². The van der Waals surface area contributed by atoms with Crippen LogP contribution in [-0.2, 0) is 11.3 Å². The number of hydrogen-bond acceptors (Lipinski definition) is 4. The second kappa shape index (κ2) is 6.21. The molecule has 0 radical (unpaired) electrons. The normalized spacial score (nSPS) is 25.9. The predicted molar refractivity (Wildman–Crippen MR) is 75.5 cm³/mol. The first-order valence-corrected chi connectivity index (χ1v) is 7.57. The number of aliphatic carboxylic acids is 1. The molecule has 2 atom stereocenters. The highest BCUT2D eigenvalue weighted by molar-refractivity contribution is 7.09. The highest BCUT2D eigenvalue weighted by Gasteiger charge is 2.43. The number of carbonyl (C=O) groups is 2. The Bertz CT molecular complexity index is 477. The van der Waals surface area contributed by atoms with Gasteiger partial charge in [0, 0.05) is 11.6 Å². The summed E-state index contributed by atoms with van der Waals surface area (Å²) in [6, 6.07) is -0.447. The number of aromatic nitrogens is 1. The van der Waals surface area contributed by atoms with Crippen molar-refractivity contribution in [2.45, 2.75) is 44.7 Å². The minimum Gasteiger partial charge on any atom is -0.480 e. The molecule has 0 aliphatic heterocycles. The minimum atomic E-state index is -1.13. The van der Waals surface area contributed by atoms with E-state index >= 15 is 0 Å². The Hall–Kier alpha value is -1.63. The third-order valence-corrected chi connectivity index (χ3v) is 4.42. The third kappa shape index (κ3) is 3.47. The molecule has 0 spiro atoms. The number of thiazole rings is 1. The predicted octanol–water partition coefficient (Wildman–Crippen LogP) is 1.98. The standard InChI is InChI=1S/C13H19N3O3S/c1-9-3-2-4-13(7-9,11(17)18)16-12(19)15-8-10-14-5-6-20-10/h5-6,9H,2-4,7-8H2,1H3,(H,17,18)(H2,15,16,19). The van der Waals surface area contributed by atoms with Gasteiger partial charge in [-0.25, -0.2) is 14.6 Å². The SMILES string of the molecule is CC1CCCC(NC(=O)NCc2nccs2)(C(=O)O)C1. The van der Waals surface area contributed by atoms with Gasteiger partial charge in [-0.05, 0) is 18.8 Å². The summed E-state index contributed by atoms with van der Waals surface area (Å²) >= 11 is 1.45. The first-order chi connectivity index (χ1) is 9.52. The van der Waals surface area contributed by atoms with Gasteiger partial charge >= 0.3 is 12.0 Å². The van der Waals surface area contributed by atoms with Crippen LogP contribution in [0.4, 0.5) is 4.79 Å². The highest BCUT2D eigenvalue weighted by Crippen LogP contribution is 2.32. The second-order valence-electron chi connectivity index (χ2n) is 5.32. The van der Waals surface area contributed by atoms with Gasteiger partial charge in [-0.15, -0.1) is 11.3 Å². The van der Waals surface area contributed by atoms with Gasteiger partial charge in [-0.3, -0.25) is 0 Å². The molecule has 1 aromatic rings. The molecular formula is C13H19N3O3S. The summed E-state index contributed by atoms with van der Waals surface area (Å²) in [6.07, 6.45) is 4.46. The number of carboxylic acid groups (broad SMARTS) is 1. The molecule has 7 heteroatoms. The zero-order valence-corrected chi connectivity index (χ0v) is 12.2. The minimum absolute atomic E-state index is 0.305. The summed E-state index contributed by atoms with van der Waals surface area (Å²) in [5.41, 5.74) is -1.13.